The highest BCUT2D eigenvalue weighted by molar-refractivity contribution is 6.54. The Hall–Kier alpha value is -2.95. The van der Waals surface area contributed by atoms with Crippen molar-refractivity contribution in [3.63, 3.8) is 0 Å². The Morgan fingerprint density at radius 3 is 2.44 bits per heavy atom. The van der Waals surface area contributed by atoms with Crippen LogP contribution in [-0.2, 0) is 11.2 Å². The average molecular weight is 444 g/mol. The summed E-state index contributed by atoms with van der Waals surface area (Å²) in [5, 5.41) is 0.612. The van der Waals surface area contributed by atoms with Gasteiger partial charge in [0.2, 0.25) is 0 Å². The first-order valence-corrected chi connectivity index (χ1v) is 11.6. The van der Waals surface area contributed by atoms with Crippen LogP contribution in [0.25, 0.3) is 0 Å². The zero-order valence-corrected chi connectivity index (χ0v) is 18.7. The van der Waals surface area contributed by atoms with Crippen LogP contribution < -0.4 is 4.90 Å². The molecule has 2 aliphatic heterocycles. The van der Waals surface area contributed by atoms with Crippen molar-refractivity contribution in [2.45, 2.75) is 19.3 Å². The first kappa shape index (κ1) is 20.9. The number of carbonyl (C=O) groups is 1. The molecule has 32 heavy (non-hydrogen) atoms. The van der Waals surface area contributed by atoms with Gasteiger partial charge in [-0.15, -0.1) is 0 Å². The summed E-state index contributed by atoms with van der Waals surface area (Å²) in [4.78, 5) is 22.3. The van der Waals surface area contributed by atoms with Crippen LogP contribution in [0.15, 0.2) is 83.9 Å². The number of likely N-dealkylation sites (tertiary alicyclic amines) is 1. The number of carbonyl (C=O) groups excluding carboxylic acids is 1. The average Bonchev–Trinajstić information content (AvgIpc) is 3.07. The summed E-state index contributed by atoms with van der Waals surface area (Å²) in [6, 6.07) is 26.0. The van der Waals surface area contributed by atoms with Gasteiger partial charge in [0.05, 0.1) is 18.0 Å². The quantitative estimate of drug-likeness (QED) is 0.505. The maximum Gasteiger partial charge on any atom is 0.278 e. The van der Waals surface area contributed by atoms with Crippen molar-refractivity contribution in [1.29, 1.82) is 0 Å². The lowest BCUT2D eigenvalue weighted by molar-refractivity contribution is -0.112. The maximum absolute atomic E-state index is 13.4. The number of benzene rings is 3. The van der Waals surface area contributed by atoms with E-state index >= 15 is 0 Å². The highest BCUT2D eigenvalue weighted by Crippen LogP contribution is 2.32. The van der Waals surface area contributed by atoms with E-state index in [-0.39, 0.29) is 5.91 Å². The van der Waals surface area contributed by atoms with Gasteiger partial charge in [0, 0.05) is 23.7 Å². The molecule has 3 aromatic carbocycles. The van der Waals surface area contributed by atoms with Gasteiger partial charge in [-0.2, -0.15) is 0 Å². The highest BCUT2D eigenvalue weighted by Gasteiger charge is 2.35. The lowest BCUT2D eigenvalue weighted by Crippen LogP contribution is -2.44. The van der Waals surface area contributed by atoms with Gasteiger partial charge in [-0.25, -0.2) is 4.99 Å². The van der Waals surface area contributed by atoms with Crippen molar-refractivity contribution in [3.8, 4) is 0 Å². The van der Waals surface area contributed by atoms with Gasteiger partial charge in [-0.3, -0.25) is 14.6 Å². The van der Waals surface area contributed by atoms with E-state index in [4.69, 9.17) is 11.6 Å². The molecule has 1 amide bonds. The molecule has 2 aliphatic rings. The number of hydrogen-bond acceptors (Lipinski definition) is 3. The second-order valence-electron chi connectivity index (χ2n) is 8.58. The molecule has 4 nitrogen and oxygen atoms in total. The molecule has 0 unspecified atom stereocenters. The van der Waals surface area contributed by atoms with Crippen molar-refractivity contribution < 1.29 is 4.79 Å². The zero-order chi connectivity index (χ0) is 21.9. The monoisotopic (exact) mass is 443 g/mol. The second-order valence-corrected chi connectivity index (χ2v) is 9.02. The lowest BCUT2D eigenvalue weighted by Gasteiger charge is -2.34. The smallest absolute Gasteiger partial charge is 0.278 e. The van der Waals surface area contributed by atoms with Crippen molar-refractivity contribution in [1.82, 2.24) is 4.90 Å². The van der Waals surface area contributed by atoms with Crippen LogP contribution in [-0.4, -0.2) is 36.3 Å². The van der Waals surface area contributed by atoms with E-state index in [0.717, 1.165) is 43.6 Å². The minimum absolute atomic E-state index is 0.0439. The van der Waals surface area contributed by atoms with E-state index in [2.05, 4.69) is 40.2 Å². The molecule has 0 aromatic heterocycles. The molecule has 0 spiro atoms. The topological polar surface area (TPSA) is 35.9 Å². The number of amides is 1. The third-order valence-corrected chi connectivity index (χ3v) is 6.60. The Labute approximate surface area is 194 Å². The molecule has 0 radical (unpaired) electrons. The Balaban J connectivity index is 1.29. The molecule has 5 rings (SSSR count). The largest absolute Gasteiger partial charge is 0.293 e. The molecule has 1 fully saturated rings. The molecule has 0 saturated carbocycles. The van der Waals surface area contributed by atoms with Crippen LogP contribution in [0.4, 0.5) is 11.4 Å². The number of anilines is 1. The molecule has 0 N–H and O–H groups in total. The van der Waals surface area contributed by atoms with Gasteiger partial charge in [0.1, 0.15) is 5.71 Å². The fraction of sp³-hybridized carbons (Fsp3) is 0.259. The molecule has 0 aliphatic carbocycles. The molecule has 1 saturated heterocycles. The summed E-state index contributed by atoms with van der Waals surface area (Å²) >= 11 is 6.12. The number of fused-ring (bicyclic) bond motifs is 1. The van der Waals surface area contributed by atoms with Gasteiger partial charge in [-0.05, 0) is 55.0 Å². The van der Waals surface area contributed by atoms with E-state index in [0.29, 0.717) is 29.0 Å². The van der Waals surface area contributed by atoms with E-state index < -0.39 is 0 Å². The zero-order valence-electron chi connectivity index (χ0n) is 18.0. The van der Waals surface area contributed by atoms with Gasteiger partial charge in [0.25, 0.3) is 5.91 Å². The van der Waals surface area contributed by atoms with Gasteiger partial charge < -0.3 is 0 Å². The molecule has 2 heterocycles. The number of aliphatic imine (C=N–C) groups is 1. The van der Waals surface area contributed by atoms with Gasteiger partial charge in [0.15, 0.2) is 0 Å². The van der Waals surface area contributed by atoms with Crippen LogP contribution in [0.1, 0.15) is 24.0 Å². The molecule has 0 bridgehead atoms. The number of hydrogen-bond donors (Lipinski definition) is 0. The van der Waals surface area contributed by atoms with Crippen molar-refractivity contribution in [3.05, 3.63) is 95.0 Å². The normalized spacial score (nSPS) is 18.3. The van der Waals surface area contributed by atoms with E-state index in [1.807, 2.05) is 47.4 Å². The van der Waals surface area contributed by atoms with Crippen LogP contribution >= 0.6 is 11.6 Å². The van der Waals surface area contributed by atoms with Crippen LogP contribution in [0.5, 0.6) is 0 Å². The minimum atomic E-state index is -0.0439. The number of halogens is 1. The van der Waals surface area contributed by atoms with E-state index in [1.54, 1.807) is 6.07 Å². The van der Waals surface area contributed by atoms with Crippen molar-refractivity contribution in [2.24, 2.45) is 10.9 Å². The molecular formula is C27H26ClN3O. The third kappa shape index (κ3) is 4.47. The van der Waals surface area contributed by atoms with E-state index in [9.17, 15) is 4.79 Å². The van der Waals surface area contributed by atoms with Crippen molar-refractivity contribution in [2.75, 3.05) is 24.7 Å². The standard InChI is InChI=1S/C27H26ClN3O/c28-22-9-6-10-23(18-22)29-26-24-11-4-5-12-25(24)31(27(26)32)19-30-15-13-21(14-16-30)17-20-7-2-1-3-8-20/h1-12,18,21H,13-17,19H2. The van der Waals surface area contributed by atoms with Gasteiger partial charge in [-0.1, -0.05) is 66.2 Å². The summed E-state index contributed by atoms with van der Waals surface area (Å²) in [5.74, 6) is 0.660. The number of nitrogens with zero attached hydrogens (tertiary/aromatic N) is 3. The Morgan fingerprint density at radius 2 is 1.66 bits per heavy atom. The first-order chi connectivity index (χ1) is 15.7. The molecule has 3 aromatic rings. The van der Waals surface area contributed by atoms with Crippen LogP contribution in [0, 0.1) is 5.92 Å². The first-order valence-electron chi connectivity index (χ1n) is 11.2. The van der Waals surface area contributed by atoms with Crippen molar-refractivity contribution >= 4 is 34.6 Å². The molecular weight excluding hydrogens is 418 g/mol. The Morgan fingerprint density at radius 1 is 0.906 bits per heavy atom. The molecule has 0 atom stereocenters. The molecule has 5 heteroatoms. The Kier molecular flexibility index (Phi) is 6.06. The minimum Gasteiger partial charge on any atom is -0.293 e. The predicted molar refractivity (Wildman–Crippen MR) is 131 cm³/mol. The van der Waals surface area contributed by atoms with Gasteiger partial charge >= 0.3 is 0 Å². The second kappa shape index (κ2) is 9.27. The fourth-order valence-corrected chi connectivity index (χ4v) is 4.85. The SMILES string of the molecule is O=C1C(=Nc2cccc(Cl)c2)c2ccccc2N1CN1CCC(Cc2ccccc2)CC1. The third-order valence-electron chi connectivity index (χ3n) is 6.36. The summed E-state index contributed by atoms with van der Waals surface area (Å²) < 4.78 is 0. The molecule has 162 valence electrons. The fourth-order valence-electron chi connectivity index (χ4n) is 4.66. The Bertz CT molecular complexity index is 1140. The predicted octanol–water partition coefficient (Wildman–Crippen LogP) is 5.72. The number of rotatable bonds is 5. The van der Waals surface area contributed by atoms with Crippen LogP contribution in [0.2, 0.25) is 5.02 Å². The van der Waals surface area contributed by atoms with E-state index in [1.165, 1.54) is 5.56 Å². The summed E-state index contributed by atoms with van der Waals surface area (Å²) in [5.41, 5.74) is 4.42. The number of para-hydroxylation sites is 1. The lowest BCUT2D eigenvalue weighted by atomic mass is 9.90. The maximum atomic E-state index is 13.4. The van der Waals surface area contributed by atoms with Crippen LogP contribution in [0.3, 0.4) is 0 Å². The summed E-state index contributed by atoms with van der Waals surface area (Å²) in [7, 11) is 0. The highest BCUT2D eigenvalue weighted by atomic mass is 35.5. The summed E-state index contributed by atoms with van der Waals surface area (Å²) in [6.07, 6.45) is 3.45. The number of piperidine rings is 1. The summed E-state index contributed by atoms with van der Waals surface area (Å²) in [6.45, 7) is 2.61.